The zero-order chi connectivity index (χ0) is 12.5. The number of anilines is 1. The third-order valence-electron chi connectivity index (χ3n) is 3.85. The Bertz CT molecular complexity index is 440. The summed E-state index contributed by atoms with van der Waals surface area (Å²) in [5.41, 5.74) is 2.50. The first-order chi connectivity index (χ1) is 8.81. The maximum Gasteiger partial charge on any atom is 0.209 e. The standard InChI is InChI=1S/C13H17N3O2/c1-18-11-7-16(8-11)13-2-3-14-4-12(13)10-5-15(6-10)9-17/h2-4,9-11H,5-8H2,1H3. The molecule has 2 fully saturated rings. The Kier molecular flexibility index (Phi) is 2.91. The number of nitrogens with zero attached hydrogens (tertiary/aromatic N) is 3. The fourth-order valence-electron chi connectivity index (χ4n) is 2.58. The van der Waals surface area contributed by atoms with E-state index in [1.165, 1.54) is 11.3 Å². The van der Waals surface area contributed by atoms with Crippen LogP contribution in [0.2, 0.25) is 0 Å². The Morgan fingerprint density at radius 1 is 1.39 bits per heavy atom. The molecule has 0 unspecified atom stereocenters. The molecule has 0 radical (unpaired) electrons. The summed E-state index contributed by atoms with van der Waals surface area (Å²) in [5.74, 6) is 0.431. The molecule has 5 nitrogen and oxygen atoms in total. The number of ether oxygens (including phenoxy) is 1. The normalized spacial score (nSPS) is 20.5. The second-order valence-electron chi connectivity index (χ2n) is 4.95. The van der Waals surface area contributed by atoms with Crippen molar-refractivity contribution in [1.29, 1.82) is 0 Å². The van der Waals surface area contributed by atoms with Gasteiger partial charge in [0.05, 0.1) is 6.10 Å². The molecule has 0 aromatic carbocycles. The molecule has 0 saturated carbocycles. The Morgan fingerprint density at radius 3 is 2.83 bits per heavy atom. The second kappa shape index (κ2) is 4.57. The summed E-state index contributed by atoms with van der Waals surface area (Å²) in [4.78, 5) is 18.9. The van der Waals surface area contributed by atoms with Gasteiger partial charge in [0.15, 0.2) is 0 Å². The maximum absolute atomic E-state index is 10.6. The van der Waals surface area contributed by atoms with Gasteiger partial charge in [0.2, 0.25) is 6.41 Å². The van der Waals surface area contributed by atoms with E-state index in [-0.39, 0.29) is 0 Å². The number of amides is 1. The lowest BCUT2D eigenvalue weighted by molar-refractivity contribution is -0.122. The van der Waals surface area contributed by atoms with E-state index in [1.54, 1.807) is 12.0 Å². The Labute approximate surface area is 106 Å². The molecule has 0 aliphatic carbocycles. The minimum Gasteiger partial charge on any atom is -0.378 e. The van der Waals surface area contributed by atoms with Crippen molar-refractivity contribution in [2.75, 3.05) is 38.2 Å². The largest absolute Gasteiger partial charge is 0.378 e. The number of carbonyl (C=O) groups is 1. The van der Waals surface area contributed by atoms with Crippen LogP contribution in [0.1, 0.15) is 11.5 Å². The van der Waals surface area contributed by atoms with Crippen LogP contribution in [-0.4, -0.2) is 55.7 Å². The summed E-state index contributed by atoms with van der Waals surface area (Å²) in [6.07, 6.45) is 5.02. The van der Waals surface area contributed by atoms with E-state index in [2.05, 4.69) is 16.0 Å². The number of aromatic nitrogens is 1. The maximum atomic E-state index is 10.6. The van der Waals surface area contributed by atoms with Gasteiger partial charge < -0.3 is 14.5 Å². The molecular formula is C13H17N3O2. The zero-order valence-electron chi connectivity index (χ0n) is 10.5. The molecule has 5 heteroatoms. The van der Waals surface area contributed by atoms with Gasteiger partial charge in [-0.1, -0.05) is 0 Å². The third kappa shape index (κ3) is 1.84. The first-order valence-corrected chi connectivity index (χ1v) is 6.23. The van der Waals surface area contributed by atoms with Crippen molar-refractivity contribution in [3.8, 4) is 0 Å². The summed E-state index contributed by atoms with van der Waals surface area (Å²) in [7, 11) is 1.75. The Balaban J connectivity index is 1.73. The highest BCUT2D eigenvalue weighted by molar-refractivity contribution is 5.58. The molecule has 1 amide bonds. The summed E-state index contributed by atoms with van der Waals surface area (Å²) in [6, 6.07) is 2.06. The lowest BCUT2D eigenvalue weighted by atomic mass is 9.91. The van der Waals surface area contributed by atoms with Crippen molar-refractivity contribution in [2.24, 2.45) is 0 Å². The highest BCUT2D eigenvalue weighted by atomic mass is 16.5. The monoisotopic (exact) mass is 247 g/mol. The van der Waals surface area contributed by atoms with Crippen molar-refractivity contribution in [3.05, 3.63) is 24.0 Å². The van der Waals surface area contributed by atoms with Gasteiger partial charge in [-0.3, -0.25) is 9.78 Å². The second-order valence-corrected chi connectivity index (χ2v) is 4.95. The van der Waals surface area contributed by atoms with Gasteiger partial charge >= 0.3 is 0 Å². The van der Waals surface area contributed by atoms with Crippen LogP contribution in [0, 0.1) is 0 Å². The number of hydrogen-bond donors (Lipinski definition) is 0. The van der Waals surface area contributed by atoms with Gasteiger partial charge in [-0.15, -0.1) is 0 Å². The van der Waals surface area contributed by atoms with Crippen LogP contribution in [0.15, 0.2) is 18.5 Å². The van der Waals surface area contributed by atoms with Crippen molar-refractivity contribution in [3.63, 3.8) is 0 Å². The molecule has 3 heterocycles. The van der Waals surface area contributed by atoms with Crippen molar-refractivity contribution >= 4 is 12.1 Å². The van der Waals surface area contributed by atoms with Crippen LogP contribution >= 0.6 is 0 Å². The highest BCUT2D eigenvalue weighted by Crippen LogP contribution is 2.34. The topological polar surface area (TPSA) is 45.7 Å². The van der Waals surface area contributed by atoms with Crippen LogP contribution in [-0.2, 0) is 9.53 Å². The number of methoxy groups -OCH3 is 1. The van der Waals surface area contributed by atoms with Crippen LogP contribution in [0.4, 0.5) is 5.69 Å². The molecule has 96 valence electrons. The summed E-state index contributed by atoms with van der Waals surface area (Å²) in [5, 5.41) is 0. The third-order valence-corrected chi connectivity index (χ3v) is 3.85. The predicted octanol–water partition coefficient (Wildman–Crippen LogP) is 0.472. The van der Waals surface area contributed by atoms with Gasteiger partial charge in [0, 0.05) is 62.9 Å². The van der Waals surface area contributed by atoms with E-state index in [0.29, 0.717) is 12.0 Å². The number of carbonyl (C=O) groups excluding carboxylic acids is 1. The average molecular weight is 247 g/mol. The van der Waals surface area contributed by atoms with Gasteiger partial charge in [-0.25, -0.2) is 0 Å². The Hall–Kier alpha value is -1.62. The SMILES string of the molecule is COC1CN(c2ccncc2C2CN(C=O)C2)C1. The minimum absolute atomic E-state index is 0.346. The van der Waals surface area contributed by atoms with E-state index < -0.39 is 0 Å². The van der Waals surface area contributed by atoms with Crippen LogP contribution in [0.25, 0.3) is 0 Å². The number of hydrogen-bond acceptors (Lipinski definition) is 4. The summed E-state index contributed by atoms with van der Waals surface area (Å²) < 4.78 is 5.30. The van der Waals surface area contributed by atoms with Gasteiger partial charge in [0.1, 0.15) is 0 Å². The average Bonchev–Trinajstić information content (AvgIpc) is 2.28. The molecule has 0 bridgehead atoms. The highest BCUT2D eigenvalue weighted by Gasteiger charge is 2.33. The van der Waals surface area contributed by atoms with Gasteiger partial charge in [0.25, 0.3) is 0 Å². The van der Waals surface area contributed by atoms with E-state index in [4.69, 9.17) is 4.74 Å². The van der Waals surface area contributed by atoms with Crippen LogP contribution in [0.3, 0.4) is 0 Å². The van der Waals surface area contributed by atoms with E-state index in [1.807, 2.05) is 12.4 Å². The number of pyridine rings is 1. The van der Waals surface area contributed by atoms with Crippen LogP contribution in [0.5, 0.6) is 0 Å². The smallest absolute Gasteiger partial charge is 0.209 e. The summed E-state index contributed by atoms with van der Waals surface area (Å²) in [6.45, 7) is 3.50. The van der Waals surface area contributed by atoms with Crippen molar-refractivity contribution < 1.29 is 9.53 Å². The zero-order valence-corrected chi connectivity index (χ0v) is 10.5. The quantitative estimate of drug-likeness (QED) is 0.726. The predicted molar refractivity (Wildman–Crippen MR) is 67.6 cm³/mol. The van der Waals surface area contributed by atoms with Gasteiger partial charge in [-0.05, 0) is 6.07 Å². The molecule has 2 saturated heterocycles. The van der Waals surface area contributed by atoms with E-state index in [9.17, 15) is 4.79 Å². The molecule has 18 heavy (non-hydrogen) atoms. The van der Waals surface area contributed by atoms with Crippen LogP contribution < -0.4 is 4.90 Å². The minimum atomic E-state index is 0.346. The lowest BCUT2D eigenvalue weighted by Gasteiger charge is -2.43. The number of rotatable bonds is 4. The molecule has 2 aliphatic rings. The molecule has 0 atom stereocenters. The van der Waals surface area contributed by atoms with Crippen molar-refractivity contribution in [1.82, 2.24) is 9.88 Å². The lowest BCUT2D eigenvalue weighted by Crippen LogP contribution is -2.53. The Morgan fingerprint density at radius 2 is 2.17 bits per heavy atom. The van der Waals surface area contributed by atoms with E-state index in [0.717, 1.165) is 32.6 Å². The summed E-state index contributed by atoms with van der Waals surface area (Å²) >= 11 is 0. The fraction of sp³-hybridized carbons (Fsp3) is 0.538. The van der Waals surface area contributed by atoms with E-state index >= 15 is 0 Å². The van der Waals surface area contributed by atoms with Gasteiger partial charge in [-0.2, -0.15) is 0 Å². The number of likely N-dealkylation sites (tertiary alicyclic amines) is 1. The fourth-order valence-corrected chi connectivity index (χ4v) is 2.58. The first kappa shape index (κ1) is 11.5. The first-order valence-electron chi connectivity index (χ1n) is 6.23. The molecular weight excluding hydrogens is 230 g/mol. The molecule has 1 aromatic heterocycles. The molecule has 3 rings (SSSR count). The molecule has 1 aromatic rings. The van der Waals surface area contributed by atoms with Crippen molar-refractivity contribution in [2.45, 2.75) is 12.0 Å². The molecule has 0 N–H and O–H groups in total. The molecule has 2 aliphatic heterocycles. The molecule has 0 spiro atoms.